The minimum absolute atomic E-state index is 0.0394. The van der Waals surface area contributed by atoms with Gasteiger partial charge in [0, 0.05) is 24.3 Å². The highest BCUT2D eigenvalue weighted by Gasteiger charge is 2.19. The number of aryl methyl sites for hydroxylation is 2. The summed E-state index contributed by atoms with van der Waals surface area (Å²) in [7, 11) is 0. The first-order valence-corrected chi connectivity index (χ1v) is 7.43. The van der Waals surface area contributed by atoms with Gasteiger partial charge >= 0.3 is 0 Å². The molecular formula is C17H22N2O3. The molecule has 2 aromatic rings. The minimum Gasteiger partial charge on any atom is -0.396 e. The molecule has 1 amide bonds. The van der Waals surface area contributed by atoms with E-state index in [1.807, 2.05) is 45.0 Å². The standard InChI is InChI=1S/C17H22N2O3/c1-11(17-12(2)19-22-13(17)3)10-16(21)18-15-6-4-14(5-7-15)8-9-20/h4-7,11,20H,8-10H2,1-3H3,(H,18,21). The van der Waals surface area contributed by atoms with E-state index in [0.29, 0.717) is 12.8 Å². The molecule has 1 aromatic heterocycles. The van der Waals surface area contributed by atoms with Crippen molar-refractivity contribution in [2.24, 2.45) is 0 Å². The lowest BCUT2D eigenvalue weighted by atomic mass is 9.96. The number of hydrogen-bond donors (Lipinski definition) is 2. The van der Waals surface area contributed by atoms with Gasteiger partial charge in [-0.2, -0.15) is 0 Å². The smallest absolute Gasteiger partial charge is 0.224 e. The van der Waals surface area contributed by atoms with Crippen molar-refractivity contribution in [3.05, 3.63) is 46.8 Å². The van der Waals surface area contributed by atoms with Gasteiger partial charge in [0.25, 0.3) is 0 Å². The van der Waals surface area contributed by atoms with E-state index >= 15 is 0 Å². The number of rotatable bonds is 6. The number of aromatic nitrogens is 1. The summed E-state index contributed by atoms with van der Waals surface area (Å²) in [6, 6.07) is 7.51. The Hall–Kier alpha value is -2.14. The van der Waals surface area contributed by atoms with Gasteiger partial charge in [0.1, 0.15) is 5.76 Å². The largest absolute Gasteiger partial charge is 0.396 e. The number of nitrogens with one attached hydrogen (secondary N) is 1. The van der Waals surface area contributed by atoms with E-state index in [1.165, 1.54) is 0 Å². The molecule has 0 fully saturated rings. The second-order valence-electron chi connectivity index (χ2n) is 5.56. The Balaban J connectivity index is 1.95. The van der Waals surface area contributed by atoms with Crippen LogP contribution in [0, 0.1) is 13.8 Å². The summed E-state index contributed by atoms with van der Waals surface area (Å²) in [6.07, 6.45) is 0.999. The van der Waals surface area contributed by atoms with Crippen LogP contribution in [0.4, 0.5) is 5.69 Å². The molecule has 0 aliphatic heterocycles. The molecule has 1 heterocycles. The highest BCUT2D eigenvalue weighted by atomic mass is 16.5. The molecule has 0 radical (unpaired) electrons. The van der Waals surface area contributed by atoms with E-state index in [2.05, 4.69) is 10.5 Å². The fourth-order valence-corrected chi connectivity index (χ4v) is 2.67. The molecule has 5 heteroatoms. The van der Waals surface area contributed by atoms with Crippen LogP contribution in [0.5, 0.6) is 0 Å². The Bertz CT molecular complexity index is 612. The SMILES string of the molecule is Cc1noc(C)c1C(C)CC(=O)Nc1ccc(CCO)cc1. The molecule has 118 valence electrons. The van der Waals surface area contributed by atoms with Crippen molar-refractivity contribution < 1.29 is 14.4 Å². The lowest BCUT2D eigenvalue weighted by molar-refractivity contribution is -0.116. The molecule has 0 saturated heterocycles. The zero-order valence-electron chi connectivity index (χ0n) is 13.2. The van der Waals surface area contributed by atoms with Crippen LogP contribution in [0.25, 0.3) is 0 Å². The van der Waals surface area contributed by atoms with Gasteiger partial charge in [0.05, 0.1) is 5.69 Å². The van der Waals surface area contributed by atoms with Crippen molar-refractivity contribution in [3.8, 4) is 0 Å². The van der Waals surface area contributed by atoms with Crippen molar-refractivity contribution in [1.82, 2.24) is 5.16 Å². The average molecular weight is 302 g/mol. The van der Waals surface area contributed by atoms with E-state index in [9.17, 15) is 4.79 Å². The molecule has 1 atom stereocenters. The summed E-state index contributed by atoms with van der Waals surface area (Å²) < 4.78 is 5.15. The van der Waals surface area contributed by atoms with Crippen LogP contribution in [0.1, 0.15) is 41.8 Å². The number of benzene rings is 1. The Morgan fingerprint density at radius 2 is 2.00 bits per heavy atom. The number of carbonyl (C=O) groups excluding carboxylic acids is 1. The maximum Gasteiger partial charge on any atom is 0.224 e. The number of carbonyl (C=O) groups is 1. The van der Waals surface area contributed by atoms with Crippen LogP contribution in [-0.4, -0.2) is 22.8 Å². The molecule has 2 rings (SSSR count). The Labute approximate surface area is 130 Å². The fourth-order valence-electron chi connectivity index (χ4n) is 2.67. The molecule has 2 N–H and O–H groups in total. The van der Waals surface area contributed by atoms with Gasteiger partial charge in [-0.15, -0.1) is 0 Å². The maximum atomic E-state index is 12.1. The first-order valence-electron chi connectivity index (χ1n) is 7.43. The van der Waals surface area contributed by atoms with Crippen LogP contribution < -0.4 is 5.32 Å². The van der Waals surface area contributed by atoms with E-state index in [-0.39, 0.29) is 18.4 Å². The molecule has 1 aromatic carbocycles. The Morgan fingerprint density at radius 3 is 2.55 bits per heavy atom. The van der Waals surface area contributed by atoms with Crippen molar-refractivity contribution in [2.75, 3.05) is 11.9 Å². The second-order valence-corrected chi connectivity index (χ2v) is 5.56. The van der Waals surface area contributed by atoms with E-state index in [1.54, 1.807) is 0 Å². The van der Waals surface area contributed by atoms with Gasteiger partial charge in [-0.05, 0) is 43.9 Å². The molecule has 0 spiro atoms. The van der Waals surface area contributed by atoms with Crippen molar-refractivity contribution >= 4 is 11.6 Å². The van der Waals surface area contributed by atoms with E-state index < -0.39 is 0 Å². The van der Waals surface area contributed by atoms with Crippen LogP contribution in [0.3, 0.4) is 0 Å². The molecule has 0 aliphatic rings. The minimum atomic E-state index is -0.0394. The van der Waals surface area contributed by atoms with Crippen molar-refractivity contribution in [2.45, 2.75) is 39.5 Å². The number of aliphatic hydroxyl groups excluding tert-OH is 1. The third-order valence-corrected chi connectivity index (χ3v) is 3.71. The van der Waals surface area contributed by atoms with E-state index in [4.69, 9.17) is 9.63 Å². The third-order valence-electron chi connectivity index (χ3n) is 3.71. The van der Waals surface area contributed by atoms with Crippen LogP contribution in [-0.2, 0) is 11.2 Å². The molecule has 22 heavy (non-hydrogen) atoms. The summed E-state index contributed by atoms with van der Waals surface area (Å²) in [4.78, 5) is 12.1. The molecule has 0 saturated carbocycles. The van der Waals surface area contributed by atoms with E-state index in [0.717, 1.165) is 28.3 Å². The van der Waals surface area contributed by atoms with Crippen molar-refractivity contribution in [3.63, 3.8) is 0 Å². The Morgan fingerprint density at radius 1 is 1.32 bits per heavy atom. The lowest BCUT2D eigenvalue weighted by Gasteiger charge is -2.12. The zero-order chi connectivity index (χ0) is 16.1. The summed E-state index contributed by atoms with van der Waals surface area (Å²) in [5.41, 5.74) is 3.65. The molecule has 0 bridgehead atoms. The maximum absolute atomic E-state index is 12.1. The zero-order valence-corrected chi connectivity index (χ0v) is 13.2. The second kappa shape index (κ2) is 7.22. The third kappa shape index (κ3) is 3.95. The molecular weight excluding hydrogens is 280 g/mol. The predicted octanol–water partition coefficient (Wildman–Crippen LogP) is 2.96. The number of anilines is 1. The Kier molecular flexibility index (Phi) is 5.33. The highest BCUT2D eigenvalue weighted by Crippen LogP contribution is 2.26. The summed E-state index contributed by atoms with van der Waals surface area (Å²) in [6.45, 7) is 5.88. The summed E-state index contributed by atoms with van der Waals surface area (Å²) in [5.74, 6) is 0.786. The highest BCUT2D eigenvalue weighted by molar-refractivity contribution is 5.91. The van der Waals surface area contributed by atoms with Crippen LogP contribution in [0.15, 0.2) is 28.8 Å². The van der Waals surface area contributed by atoms with Gasteiger partial charge in [0.15, 0.2) is 0 Å². The van der Waals surface area contributed by atoms with Crippen LogP contribution in [0.2, 0.25) is 0 Å². The monoisotopic (exact) mass is 302 g/mol. The summed E-state index contributed by atoms with van der Waals surface area (Å²) >= 11 is 0. The van der Waals surface area contributed by atoms with Crippen LogP contribution >= 0.6 is 0 Å². The number of nitrogens with zero attached hydrogens (tertiary/aromatic N) is 1. The lowest BCUT2D eigenvalue weighted by Crippen LogP contribution is -2.15. The van der Waals surface area contributed by atoms with Gasteiger partial charge in [-0.3, -0.25) is 4.79 Å². The first-order chi connectivity index (χ1) is 10.5. The number of hydrogen-bond acceptors (Lipinski definition) is 4. The van der Waals surface area contributed by atoms with Gasteiger partial charge < -0.3 is 14.9 Å². The predicted molar refractivity (Wildman–Crippen MR) is 84.9 cm³/mol. The topological polar surface area (TPSA) is 75.4 Å². The number of aliphatic hydroxyl groups is 1. The van der Waals surface area contributed by atoms with Crippen molar-refractivity contribution in [1.29, 1.82) is 0 Å². The van der Waals surface area contributed by atoms with Gasteiger partial charge in [0.2, 0.25) is 5.91 Å². The van der Waals surface area contributed by atoms with Gasteiger partial charge in [-0.25, -0.2) is 0 Å². The quantitative estimate of drug-likeness (QED) is 0.860. The molecule has 1 unspecified atom stereocenters. The van der Waals surface area contributed by atoms with Gasteiger partial charge in [-0.1, -0.05) is 24.2 Å². The number of amides is 1. The molecule has 0 aliphatic carbocycles. The average Bonchev–Trinajstić information content (AvgIpc) is 2.80. The first kappa shape index (κ1) is 16.2. The molecule has 5 nitrogen and oxygen atoms in total. The fraction of sp³-hybridized carbons (Fsp3) is 0.412. The summed E-state index contributed by atoms with van der Waals surface area (Å²) in [5, 5.41) is 15.7. The normalized spacial score (nSPS) is 12.2.